The second-order valence-corrected chi connectivity index (χ2v) is 5.35. The van der Waals surface area contributed by atoms with Crippen LogP contribution < -0.4 is 9.47 Å². The summed E-state index contributed by atoms with van der Waals surface area (Å²) in [5.41, 5.74) is 0. The smallest absolute Gasteiger partial charge is 0.248 e. The maximum Gasteiger partial charge on any atom is 0.248 e. The molecule has 0 spiro atoms. The maximum atomic E-state index is 11.6. The summed E-state index contributed by atoms with van der Waals surface area (Å²) in [4.78, 5) is 10.9. The molecule has 0 saturated heterocycles. The normalized spacial score (nSPS) is 14.6. The Hall–Kier alpha value is -1.56. The number of sulfone groups is 1. The van der Waals surface area contributed by atoms with Crippen LogP contribution in [0.2, 0.25) is 0 Å². The summed E-state index contributed by atoms with van der Waals surface area (Å²) in [5, 5.41) is -0.885. The van der Waals surface area contributed by atoms with E-state index in [0.29, 0.717) is 24.7 Å². The van der Waals surface area contributed by atoms with E-state index in [9.17, 15) is 13.2 Å². The van der Waals surface area contributed by atoms with Crippen LogP contribution in [-0.2, 0) is 14.6 Å². The van der Waals surface area contributed by atoms with Crippen LogP contribution in [0, 0.1) is 0 Å². The molecule has 0 atom stereocenters. The summed E-state index contributed by atoms with van der Waals surface area (Å²) in [5.74, 6) is 0.849. The highest BCUT2D eigenvalue weighted by Crippen LogP contribution is 2.32. The van der Waals surface area contributed by atoms with Crippen molar-refractivity contribution in [3.63, 3.8) is 0 Å². The van der Waals surface area contributed by atoms with Gasteiger partial charge in [0.2, 0.25) is 15.0 Å². The van der Waals surface area contributed by atoms with Gasteiger partial charge in [-0.15, -0.1) is 0 Å². The molecular formula is C10H10O5S. The van der Waals surface area contributed by atoms with Crippen LogP contribution in [0.15, 0.2) is 23.1 Å². The lowest BCUT2D eigenvalue weighted by atomic mass is 10.3. The Labute approximate surface area is 92.9 Å². The van der Waals surface area contributed by atoms with Gasteiger partial charge in [0.05, 0.1) is 4.90 Å². The Bertz CT molecular complexity index is 532. The lowest BCUT2D eigenvalue weighted by molar-refractivity contribution is -0.109. The number of ether oxygens (including phenoxy) is 2. The van der Waals surface area contributed by atoms with E-state index < -0.39 is 15.0 Å². The monoisotopic (exact) mass is 242 g/mol. The largest absolute Gasteiger partial charge is 0.486 e. The highest BCUT2D eigenvalue weighted by Gasteiger charge is 2.23. The Balaban J connectivity index is 2.49. The van der Waals surface area contributed by atoms with E-state index in [4.69, 9.17) is 9.47 Å². The molecule has 0 aromatic heterocycles. The summed E-state index contributed by atoms with van der Waals surface area (Å²) in [6, 6.07) is 4.14. The van der Waals surface area contributed by atoms with Crippen LogP contribution in [0.3, 0.4) is 0 Å². The molecule has 0 saturated carbocycles. The molecule has 5 nitrogen and oxygen atoms in total. The fourth-order valence-corrected chi connectivity index (χ4v) is 2.20. The fourth-order valence-electron chi connectivity index (χ4n) is 1.36. The molecule has 0 N–H and O–H groups in total. The molecule has 0 bridgehead atoms. The second-order valence-electron chi connectivity index (χ2n) is 3.30. The number of carbonyl (C=O) groups excluding carboxylic acids is 1. The van der Waals surface area contributed by atoms with Crippen molar-refractivity contribution in [2.75, 3.05) is 13.2 Å². The van der Waals surface area contributed by atoms with Gasteiger partial charge in [-0.05, 0) is 12.1 Å². The molecule has 0 radical (unpaired) electrons. The van der Waals surface area contributed by atoms with Crippen LogP contribution in [-0.4, -0.2) is 26.7 Å². The van der Waals surface area contributed by atoms with Gasteiger partial charge >= 0.3 is 0 Å². The number of rotatable bonds is 1. The van der Waals surface area contributed by atoms with Crippen molar-refractivity contribution in [1.82, 2.24) is 0 Å². The molecule has 0 unspecified atom stereocenters. The van der Waals surface area contributed by atoms with Crippen molar-refractivity contribution < 1.29 is 22.7 Å². The predicted molar refractivity (Wildman–Crippen MR) is 55.3 cm³/mol. The molecule has 0 amide bonds. The number of hydrogen-bond donors (Lipinski definition) is 0. The molecule has 1 aromatic carbocycles. The van der Waals surface area contributed by atoms with Gasteiger partial charge in [0.25, 0.3) is 0 Å². The van der Waals surface area contributed by atoms with Crippen molar-refractivity contribution >= 4 is 15.0 Å². The predicted octanol–water partition coefficient (Wildman–Crippen LogP) is 0.778. The van der Waals surface area contributed by atoms with Crippen LogP contribution in [0.5, 0.6) is 11.5 Å². The highest BCUT2D eigenvalue weighted by atomic mass is 32.2. The van der Waals surface area contributed by atoms with E-state index >= 15 is 0 Å². The van der Waals surface area contributed by atoms with E-state index in [1.807, 2.05) is 0 Å². The average molecular weight is 242 g/mol. The van der Waals surface area contributed by atoms with Crippen molar-refractivity contribution in [2.45, 2.75) is 11.8 Å². The van der Waals surface area contributed by atoms with E-state index in [0.717, 1.165) is 6.92 Å². The van der Waals surface area contributed by atoms with Crippen LogP contribution in [0.4, 0.5) is 0 Å². The summed E-state index contributed by atoms with van der Waals surface area (Å²) < 4.78 is 33.6. The second kappa shape index (κ2) is 3.79. The standard InChI is InChI=1S/C10H10O5S/c1-7(11)16(12,13)8-2-3-9-10(6-8)15-5-4-14-9/h2-3,6H,4-5H2,1H3. The third-order valence-corrected chi connectivity index (χ3v) is 3.83. The van der Waals surface area contributed by atoms with Crippen molar-refractivity contribution in [3.05, 3.63) is 18.2 Å². The van der Waals surface area contributed by atoms with Crippen LogP contribution >= 0.6 is 0 Å². The summed E-state index contributed by atoms with van der Waals surface area (Å²) in [7, 11) is -3.88. The van der Waals surface area contributed by atoms with Gasteiger partial charge < -0.3 is 9.47 Å². The molecule has 6 heteroatoms. The molecule has 2 rings (SSSR count). The van der Waals surface area contributed by atoms with Crippen molar-refractivity contribution in [2.24, 2.45) is 0 Å². The third-order valence-electron chi connectivity index (χ3n) is 2.20. The Morgan fingerprint density at radius 3 is 2.44 bits per heavy atom. The molecule has 1 aliphatic rings. The molecule has 86 valence electrons. The lowest BCUT2D eigenvalue weighted by Crippen LogP contribution is -2.16. The molecule has 0 aliphatic carbocycles. The zero-order chi connectivity index (χ0) is 11.8. The first-order valence-corrected chi connectivity index (χ1v) is 6.15. The summed E-state index contributed by atoms with van der Waals surface area (Å²) in [6.07, 6.45) is 0. The first kappa shape index (κ1) is 10.9. The van der Waals surface area contributed by atoms with Gasteiger partial charge in [-0.25, -0.2) is 8.42 Å². The zero-order valence-electron chi connectivity index (χ0n) is 8.60. The average Bonchev–Trinajstić information content (AvgIpc) is 2.28. The van der Waals surface area contributed by atoms with Gasteiger partial charge in [-0.3, -0.25) is 4.79 Å². The maximum absolute atomic E-state index is 11.6. The molecule has 1 heterocycles. The summed E-state index contributed by atoms with van der Waals surface area (Å²) >= 11 is 0. The fraction of sp³-hybridized carbons (Fsp3) is 0.300. The molecule has 1 aliphatic heterocycles. The number of fused-ring (bicyclic) bond motifs is 1. The molecule has 1 aromatic rings. The van der Waals surface area contributed by atoms with E-state index in [1.165, 1.54) is 18.2 Å². The quantitative estimate of drug-likeness (QED) is 0.727. The number of carbonyl (C=O) groups is 1. The minimum absolute atomic E-state index is 0.0655. The van der Waals surface area contributed by atoms with Crippen molar-refractivity contribution in [1.29, 1.82) is 0 Å². The Morgan fingerprint density at radius 2 is 1.81 bits per heavy atom. The van der Waals surface area contributed by atoms with E-state index in [2.05, 4.69) is 0 Å². The van der Waals surface area contributed by atoms with Crippen LogP contribution in [0.1, 0.15) is 6.92 Å². The van der Waals surface area contributed by atoms with Gasteiger partial charge in [0.15, 0.2) is 11.5 Å². The number of hydrogen-bond acceptors (Lipinski definition) is 5. The van der Waals surface area contributed by atoms with Gasteiger partial charge in [-0.2, -0.15) is 0 Å². The summed E-state index contributed by atoms with van der Waals surface area (Å²) in [6.45, 7) is 1.83. The van der Waals surface area contributed by atoms with Gasteiger partial charge in [-0.1, -0.05) is 0 Å². The van der Waals surface area contributed by atoms with Gasteiger partial charge in [0, 0.05) is 13.0 Å². The highest BCUT2D eigenvalue weighted by molar-refractivity contribution is 8.06. The lowest BCUT2D eigenvalue weighted by Gasteiger charge is -2.18. The number of benzene rings is 1. The van der Waals surface area contributed by atoms with Gasteiger partial charge in [0.1, 0.15) is 13.2 Å². The SMILES string of the molecule is CC(=O)S(=O)(=O)c1ccc2c(c1)OCCO2. The minimum Gasteiger partial charge on any atom is -0.486 e. The van der Waals surface area contributed by atoms with Crippen LogP contribution in [0.25, 0.3) is 0 Å². The first-order valence-electron chi connectivity index (χ1n) is 4.67. The Morgan fingerprint density at radius 1 is 1.19 bits per heavy atom. The van der Waals surface area contributed by atoms with E-state index in [1.54, 1.807) is 0 Å². The first-order chi connectivity index (χ1) is 7.51. The minimum atomic E-state index is -3.88. The molecular weight excluding hydrogens is 232 g/mol. The topological polar surface area (TPSA) is 69.7 Å². The Kier molecular flexibility index (Phi) is 2.59. The molecule has 16 heavy (non-hydrogen) atoms. The van der Waals surface area contributed by atoms with E-state index in [-0.39, 0.29) is 4.90 Å². The zero-order valence-corrected chi connectivity index (χ0v) is 9.41. The molecule has 0 fully saturated rings. The third kappa shape index (κ3) is 1.76. The van der Waals surface area contributed by atoms with Crippen molar-refractivity contribution in [3.8, 4) is 11.5 Å².